The van der Waals surface area contributed by atoms with Gasteiger partial charge in [0.25, 0.3) is 5.91 Å². The van der Waals surface area contributed by atoms with Crippen LogP contribution in [0.2, 0.25) is 0 Å². The molecule has 118 valence electrons. The molecule has 3 nitrogen and oxygen atoms in total. The predicted octanol–water partition coefficient (Wildman–Crippen LogP) is 3.87. The van der Waals surface area contributed by atoms with E-state index in [1.165, 1.54) is 16.9 Å². The Balaban J connectivity index is 2.10. The minimum absolute atomic E-state index is 0.0283. The molecule has 1 amide bonds. The first-order valence-corrected chi connectivity index (χ1v) is 8.66. The topological polar surface area (TPSA) is 32.3 Å². The van der Waals surface area contributed by atoms with Gasteiger partial charge < -0.3 is 5.32 Å². The lowest BCUT2D eigenvalue weighted by molar-refractivity contribution is 0.0938. The van der Waals surface area contributed by atoms with E-state index in [1.807, 2.05) is 24.4 Å². The summed E-state index contributed by atoms with van der Waals surface area (Å²) < 4.78 is 0. The molecule has 2 aromatic rings. The average molecular weight is 316 g/mol. The zero-order valence-electron chi connectivity index (χ0n) is 13.5. The standard InChI is InChI=1S/C18H24N2OS/c1-4-20(5-2)16(15-9-7-6-8-10-15)13-19-18(21)17-14(3)11-12-22-17/h6-12,16H,4-5,13H2,1-3H3,(H,19,21)/t16-/m0/s1. The molecule has 0 fully saturated rings. The molecular formula is C18H24N2OS. The van der Waals surface area contributed by atoms with Gasteiger partial charge in [0.15, 0.2) is 0 Å². The van der Waals surface area contributed by atoms with E-state index < -0.39 is 0 Å². The Bertz CT molecular complexity index is 590. The summed E-state index contributed by atoms with van der Waals surface area (Å²) >= 11 is 1.50. The van der Waals surface area contributed by atoms with Crippen LogP contribution in [0, 0.1) is 6.92 Å². The largest absolute Gasteiger partial charge is 0.349 e. The van der Waals surface area contributed by atoms with E-state index in [4.69, 9.17) is 0 Å². The molecule has 0 unspecified atom stereocenters. The third kappa shape index (κ3) is 3.96. The molecule has 22 heavy (non-hydrogen) atoms. The van der Waals surface area contributed by atoms with Gasteiger partial charge in [0.05, 0.1) is 10.9 Å². The van der Waals surface area contributed by atoms with Crippen LogP contribution in [-0.4, -0.2) is 30.4 Å². The molecule has 0 radical (unpaired) electrons. The van der Waals surface area contributed by atoms with Gasteiger partial charge in [-0.2, -0.15) is 0 Å². The van der Waals surface area contributed by atoms with E-state index in [0.717, 1.165) is 23.5 Å². The molecule has 1 aromatic carbocycles. The van der Waals surface area contributed by atoms with Crippen molar-refractivity contribution < 1.29 is 4.79 Å². The van der Waals surface area contributed by atoms with Crippen molar-refractivity contribution in [2.24, 2.45) is 0 Å². The smallest absolute Gasteiger partial charge is 0.261 e. The zero-order valence-corrected chi connectivity index (χ0v) is 14.3. The fourth-order valence-corrected chi connectivity index (χ4v) is 3.51. The molecule has 2 rings (SSSR count). The van der Waals surface area contributed by atoms with Gasteiger partial charge in [0.2, 0.25) is 0 Å². The van der Waals surface area contributed by atoms with Gasteiger partial charge in [-0.1, -0.05) is 44.2 Å². The average Bonchev–Trinajstić information content (AvgIpc) is 2.98. The van der Waals surface area contributed by atoms with Crippen LogP contribution in [0.4, 0.5) is 0 Å². The number of hydrogen-bond acceptors (Lipinski definition) is 3. The van der Waals surface area contributed by atoms with Gasteiger partial charge in [-0.3, -0.25) is 9.69 Å². The summed E-state index contributed by atoms with van der Waals surface area (Å²) in [5.74, 6) is 0.0283. The van der Waals surface area contributed by atoms with Crippen molar-refractivity contribution in [1.29, 1.82) is 0 Å². The lowest BCUT2D eigenvalue weighted by Gasteiger charge is -2.30. The van der Waals surface area contributed by atoms with Crippen molar-refractivity contribution in [3.63, 3.8) is 0 Å². The first kappa shape index (κ1) is 16.7. The molecule has 0 spiro atoms. The summed E-state index contributed by atoms with van der Waals surface area (Å²) in [6.07, 6.45) is 0. The number of hydrogen-bond donors (Lipinski definition) is 1. The van der Waals surface area contributed by atoms with Crippen LogP contribution in [0.25, 0.3) is 0 Å². The highest BCUT2D eigenvalue weighted by Gasteiger charge is 2.19. The number of nitrogens with zero attached hydrogens (tertiary/aromatic N) is 1. The molecule has 4 heteroatoms. The van der Waals surface area contributed by atoms with Crippen LogP contribution in [0.3, 0.4) is 0 Å². The third-order valence-corrected chi connectivity index (χ3v) is 4.98. The van der Waals surface area contributed by atoms with Gasteiger partial charge in [0, 0.05) is 6.54 Å². The molecular weight excluding hydrogens is 292 g/mol. The Hall–Kier alpha value is -1.65. The van der Waals surface area contributed by atoms with Gasteiger partial charge in [-0.05, 0) is 42.6 Å². The SMILES string of the molecule is CCN(CC)[C@@H](CNC(=O)c1sccc1C)c1ccccc1. The van der Waals surface area contributed by atoms with E-state index in [2.05, 4.69) is 48.3 Å². The van der Waals surface area contributed by atoms with Gasteiger partial charge in [0.1, 0.15) is 0 Å². The van der Waals surface area contributed by atoms with Crippen LogP contribution < -0.4 is 5.32 Å². The molecule has 0 aliphatic carbocycles. The Kier molecular flexibility index (Phi) is 6.16. The molecule has 0 aliphatic heterocycles. The van der Waals surface area contributed by atoms with Crippen molar-refractivity contribution in [3.05, 3.63) is 57.8 Å². The number of benzene rings is 1. The second-order valence-corrected chi connectivity index (χ2v) is 6.21. The molecule has 0 saturated carbocycles. The van der Waals surface area contributed by atoms with Crippen molar-refractivity contribution >= 4 is 17.2 Å². The Labute approximate surface area is 137 Å². The van der Waals surface area contributed by atoms with Crippen LogP contribution >= 0.6 is 11.3 Å². The maximum atomic E-state index is 12.3. The van der Waals surface area contributed by atoms with Gasteiger partial charge in [-0.25, -0.2) is 0 Å². The molecule has 1 atom stereocenters. The normalized spacial score (nSPS) is 12.4. The van der Waals surface area contributed by atoms with Crippen LogP contribution in [-0.2, 0) is 0 Å². The maximum absolute atomic E-state index is 12.3. The monoisotopic (exact) mass is 316 g/mol. The number of aryl methyl sites for hydroxylation is 1. The summed E-state index contributed by atoms with van der Waals surface area (Å²) in [7, 11) is 0. The Morgan fingerprint density at radius 2 is 1.86 bits per heavy atom. The molecule has 1 N–H and O–H groups in total. The van der Waals surface area contributed by atoms with E-state index in [-0.39, 0.29) is 11.9 Å². The lowest BCUT2D eigenvalue weighted by Crippen LogP contribution is -2.38. The summed E-state index contributed by atoms with van der Waals surface area (Å²) in [5.41, 5.74) is 2.29. The zero-order chi connectivity index (χ0) is 15.9. The molecule has 0 aliphatic rings. The first-order valence-electron chi connectivity index (χ1n) is 7.78. The molecule has 0 saturated heterocycles. The van der Waals surface area contributed by atoms with Crippen molar-refractivity contribution in [1.82, 2.24) is 10.2 Å². The fraction of sp³-hybridized carbons (Fsp3) is 0.389. The molecule has 0 bridgehead atoms. The van der Waals surface area contributed by atoms with Crippen molar-refractivity contribution in [3.8, 4) is 0 Å². The van der Waals surface area contributed by atoms with E-state index in [0.29, 0.717) is 6.54 Å². The summed E-state index contributed by atoms with van der Waals surface area (Å²) in [6.45, 7) is 8.84. The number of thiophene rings is 1. The minimum Gasteiger partial charge on any atom is -0.349 e. The second-order valence-electron chi connectivity index (χ2n) is 5.29. The Morgan fingerprint density at radius 3 is 2.41 bits per heavy atom. The van der Waals surface area contributed by atoms with Crippen molar-refractivity contribution in [2.75, 3.05) is 19.6 Å². The molecule has 1 aromatic heterocycles. The summed E-state index contributed by atoms with van der Waals surface area (Å²) in [5, 5.41) is 5.07. The van der Waals surface area contributed by atoms with Crippen molar-refractivity contribution in [2.45, 2.75) is 26.8 Å². The highest BCUT2D eigenvalue weighted by atomic mass is 32.1. The molecule has 1 heterocycles. The fourth-order valence-electron chi connectivity index (χ4n) is 2.67. The lowest BCUT2D eigenvalue weighted by atomic mass is 10.0. The van der Waals surface area contributed by atoms with Crippen LogP contribution in [0.1, 0.15) is 40.7 Å². The number of amides is 1. The predicted molar refractivity (Wildman–Crippen MR) is 93.5 cm³/mol. The van der Waals surface area contributed by atoms with Gasteiger partial charge >= 0.3 is 0 Å². The number of carbonyl (C=O) groups is 1. The minimum atomic E-state index is 0.0283. The van der Waals surface area contributed by atoms with Gasteiger partial charge in [-0.15, -0.1) is 11.3 Å². The maximum Gasteiger partial charge on any atom is 0.261 e. The number of carbonyl (C=O) groups excluding carboxylic acids is 1. The number of nitrogens with one attached hydrogen (secondary N) is 1. The third-order valence-electron chi connectivity index (χ3n) is 3.96. The first-order chi connectivity index (χ1) is 10.7. The highest BCUT2D eigenvalue weighted by molar-refractivity contribution is 7.12. The summed E-state index contributed by atoms with van der Waals surface area (Å²) in [6, 6.07) is 12.6. The van der Waals surface area contributed by atoms with Crippen LogP contribution in [0.15, 0.2) is 41.8 Å². The quantitative estimate of drug-likeness (QED) is 0.841. The van der Waals surface area contributed by atoms with E-state index >= 15 is 0 Å². The number of rotatable bonds is 7. The van der Waals surface area contributed by atoms with Crippen LogP contribution in [0.5, 0.6) is 0 Å². The van der Waals surface area contributed by atoms with E-state index in [9.17, 15) is 4.79 Å². The van der Waals surface area contributed by atoms with E-state index in [1.54, 1.807) is 0 Å². The highest BCUT2D eigenvalue weighted by Crippen LogP contribution is 2.20. The Morgan fingerprint density at radius 1 is 1.18 bits per heavy atom. The second kappa shape index (κ2) is 8.11. The number of likely N-dealkylation sites (N-methyl/N-ethyl adjacent to an activating group) is 1. The summed E-state index contributed by atoms with van der Waals surface area (Å²) in [4.78, 5) is 15.5.